The maximum absolute atomic E-state index is 12.3. The van der Waals surface area contributed by atoms with Crippen LogP contribution in [0.2, 0.25) is 0 Å². The normalized spacial score (nSPS) is 12.0. The highest BCUT2D eigenvalue weighted by Crippen LogP contribution is 2.20. The second-order valence-corrected chi connectivity index (χ2v) is 9.06. The van der Waals surface area contributed by atoms with E-state index >= 15 is 0 Å². The van der Waals surface area contributed by atoms with Crippen LogP contribution in [0.4, 0.5) is 0 Å². The van der Waals surface area contributed by atoms with Gasteiger partial charge < -0.3 is 14.0 Å². The van der Waals surface area contributed by atoms with Crippen LogP contribution in [-0.4, -0.2) is 32.2 Å². The molecule has 0 bridgehead atoms. The molecule has 0 saturated carbocycles. The summed E-state index contributed by atoms with van der Waals surface area (Å²) >= 11 is 0. The summed E-state index contributed by atoms with van der Waals surface area (Å²) in [6, 6.07) is 9.39. The van der Waals surface area contributed by atoms with Gasteiger partial charge in [0.2, 0.25) is 10.0 Å². The highest BCUT2D eigenvalue weighted by molar-refractivity contribution is 7.89. The summed E-state index contributed by atoms with van der Waals surface area (Å²) in [6.07, 6.45) is 1.54. The molecule has 0 aliphatic rings. The molecule has 9 heteroatoms. The number of rotatable bonds is 9. The van der Waals surface area contributed by atoms with E-state index in [0.29, 0.717) is 11.7 Å². The summed E-state index contributed by atoms with van der Waals surface area (Å²) in [5.41, 5.74) is 2.75. The van der Waals surface area contributed by atoms with Crippen LogP contribution >= 0.6 is 0 Å². The Morgan fingerprint density at radius 2 is 1.87 bits per heavy atom. The fourth-order valence-electron chi connectivity index (χ4n) is 3.01. The molecule has 2 rings (SSSR count). The van der Waals surface area contributed by atoms with E-state index in [4.69, 9.17) is 14.6 Å². The summed E-state index contributed by atoms with van der Waals surface area (Å²) in [6.45, 7) is 9.03. The van der Waals surface area contributed by atoms with Crippen molar-refractivity contribution < 1.29 is 22.7 Å². The van der Waals surface area contributed by atoms with E-state index in [1.807, 2.05) is 26.0 Å². The lowest BCUT2D eigenvalue weighted by Gasteiger charge is -2.12. The third-order valence-corrected chi connectivity index (χ3v) is 5.47. The lowest BCUT2D eigenvalue weighted by atomic mass is 10.1. The molecule has 8 nitrogen and oxygen atoms in total. The van der Waals surface area contributed by atoms with Crippen LogP contribution in [0.1, 0.15) is 30.8 Å². The van der Waals surface area contributed by atoms with Crippen molar-refractivity contribution in [3.63, 3.8) is 0 Å². The zero-order valence-electron chi connectivity index (χ0n) is 18.1. The van der Waals surface area contributed by atoms with E-state index in [9.17, 15) is 18.5 Å². The van der Waals surface area contributed by atoms with E-state index in [1.54, 1.807) is 0 Å². The number of nitrogens with zero attached hydrogens (tertiary/aromatic N) is 2. The Morgan fingerprint density at radius 3 is 2.42 bits per heavy atom. The SMILES string of the molecule is Cc1cc(/C=C(\C#N)C(=O)OCCOc2ccc(S(N)(=O)=O)cc2)c(C)n1CC(C)C. The molecule has 0 aliphatic carbocycles. The number of sulfonamides is 1. The number of aromatic nitrogens is 1. The topological polar surface area (TPSA) is 124 Å². The van der Waals surface area contributed by atoms with Gasteiger partial charge in [0.1, 0.15) is 30.6 Å². The summed E-state index contributed by atoms with van der Waals surface area (Å²) in [4.78, 5) is 12.2. The molecule has 0 saturated heterocycles. The monoisotopic (exact) mass is 445 g/mol. The number of ether oxygens (including phenoxy) is 2. The Hall–Kier alpha value is -3.09. The molecule has 0 fully saturated rings. The van der Waals surface area contributed by atoms with E-state index in [-0.39, 0.29) is 23.7 Å². The van der Waals surface area contributed by atoms with E-state index in [0.717, 1.165) is 23.5 Å². The predicted molar refractivity (Wildman–Crippen MR) is 117 cm³/mol. The van der Waals surface area contributed by atoms with Crippen LogP contribution in [0, 0.1) is 31.1 Å². The Kier molecular flexibility index (Phi) is 8.02. The van der Waals surface area contributed by atoms with Crippen molar-refractivity contribution in [2.75, 3.05) is 13.2 Å². The number of benzene rings is 1. The number of primary sulfonamides is 1. The van der Waals surface area contributed by atoms with Gasteiger partial charge in [0.25, 0.3) is 0 Å². The maximum atomic E-state index is 12.3. The Labute approximate surface area is 182 Å². The fraction of sp³-hybridized carbons (Fsp3) is 0.364. The standard InChI is InChI=1S/C22H27N3O5S/c1-15(2)14-25-16(3)11-18(17(25)4)12-19(13-23)22(26)30-10-9-29-20-5-7-21(8-6-20)31(24,27)28/h5-8,11-12,15H,9-10,14H2,1-4H3,(H2,24,27,28)/b19-12+. The largest absolute Gasteiger partial charge is 0.490 e. The molecule has 0 atom stereocenters. The number of hydrogen-bond acceptors (Lipinski definition) is 6. The van der Waals surface area contributed by atoms with E-state index in [1.165, 1.54) is 30.3 Å². The molecule has 1 aromatic carbocycles. The summed E-state index contributed by atoms with van der Waals surface area (Å²) in [7, 11) is -3.77. The number of nitriles is 1. The molecule has 1 aromatic heterocycles. The van der Waals surface area contributed by atoms with Crippen LogP contribution in [-0.2, 0) is 26.1 Å². The molecular weight excluding hydrogens is 418 g/mol. The van der Waals surface area contributed by atoms with Gasteiger partial charge >= 0.3 is 5.97 Å². The maximum Gasteiger partial charge on any atom is 0.349 e. The first-order valence-corrected chi connectivity index (χ1v) is 11.3. The van der Waals surface area contributed by atoms with Crippen LogP contribution in [0.25, 0.3) is 6.08 Å². The third-order valence-electron chi connectivity index (χ3n) is 4.54. The lowest BCUT2D eigenvalue weighted by molar-refractivity contribution is -0.139. The molecule has 0 aliphatic heterocycles. The van der Waals surface area contributed by atoms with Crippen LogP contribution in [0.15, 0.2) is 40.8 Å². The molecular formula is C22H27N3O5S. The van der Waals surface area contributed by atoms with Gasteiger partial charge in [-0.25, -0.2) is 18.4 Å². The zero-order chi connectivity index (χ0) is 23.2. The predicted octanol–water partition coefficient (Wildman–Crippen LogP) is 2.94. The number of carbonyl (C=O) groups is 1. The Morgan fingerprint density at radius 1 is 1.23 bits per heavy atom. The molecule has 2 aromatic rings. The molecule has 166 valence electrons. The Bertz CT molecular complexity index is 1110. The highest BCUT2D eigenvalue weighted by atomic mass is 32.2. The van der Waals surface area contributed by atoms with E-state index in [2.05, 4.69) is 18.4 Å². The van der Waals surface area contributed by atoms with Gasteiger partial charge in [0.15, 0.2) is 0 Å². The number of hydrogen-bond donors (Lipinski definition) is 1. The van der Waals surface area contributed by atoms with Gasteiger partial charge in [-0.2, -0.15) is 5.26 Å². The van der Waals surface area contributed by atoms with Crippen LogP contribution in [0.3, 0.4) is 0 Å². The van der Waals surface area contributed by atoms with Gasteiger partial charge in [-0.3, -0.25) is 0 Å². The molecule has 0 unspecified atom stereocenters. The minimum Gasteiger partial charge on any atom is -0.490 e. The second kappa shape index (κ2) is 10.3. The van der Waals surface area contributed by atoms with Crippen LogP contribution < -0.4 is 9.88 Å². The minimum absolute atomic E-state index is 0.0252. The number of esters is 1. The molecule has 2 N–H and O–H groups in total. The quantitative estimate of drug-likeness (QED) is 0.274. The average Bonchev–Trinajstić information content (AvgIpc) is 2.95. The fourth-order valence-corrected chi connectivity index (χ4v) is 3.52. The first-order valence-electron chi connectivity index (χ1n) is 9.74. The van der Waals surface area contributed by atoms with Crippen molar-refractivity contribution in [2.45, 2.75) is 39.1 Å². The lowest BCUT2D eigenvalue weighted by Crippen LogP contribution is -2.14. The number of nitrogens with two attached hydrogens (primary N) is 1. The Balaban J connectivity index is 1.96. The molecule has 1 heterocycles. The minimum atomic E-state index is -3.77. The highest BCUT2D eigenvalue weighted by Gasteiger charge is 2.15. The van der Waals surface area contributed by atoms with Crippen molar-refractivity contribution in [3.8, 4) is 11.8 Å². The first kappa shape index (κ1) is 24.2. The first-order chi connectivity index (χ1) is 14.5. The van der Waals surface area contributed by atoms with Crippen molar-refractivity contribution in [2.24, 2.45) is 11.1 Å². The summed E-state index contributed by atoms with van der Waals surface area (Å²) in [5, 5.41) is 14.4. The molecule has 0 radical (unpaired) electrons. The van der Waals surface area contributed by atoms with Gasteiger partial charge in [-0.1, -0.05) is 13.8 Å². The van der Waals surface area contributed by atoms with Crippen molar-refractivity contribution in [1.82, 2.24) is 4.57 Å². The molecule has 31 heavy (non-hydrogen) atoms. The van der Waals surface area contributed by atoms with Crippen molar-refractivity contribution in [1.29, 1.82) is 5.26 Å². The van der Waals surface area contributed by atoms with Gasteiger partial charge in [0.05, 0.1) is 4.90 Å². The van der Waals surface area contributed by atoms with Crippen molar-refractivity contribution in [3.05, 3.63) is 52.9 Å². The smallest absolute Gasteiger partial charge is 0.349 e. The summed E-state index contributed by atoms with van der Waals surface area (Å²) < 4.78 is 35.2. The van der Waals surface area contributed by atoms with Gasteiger partial charge in [-0.05, 0) is 61.7 Å². The number of carbonyl (C=O) groups excluding carboxylic acids is 1. The van der Waals surface area contributed by atoms with Gasteiger partial charge in [0, 0.05) is 17.9 Å². The summed E-state index contributed by atoms with van der Waals surface area (Å²) in [5.74, 6) is 0.138. The number of aryl methyl sites for hydroxylation is 1. The third kappa shape index (κ3) is 6.70. The molecule has 0 spiro atoms. The van der Waals surface area contributed by atoms with Crippen LogP contribution in [0.5, 0.6) is 5.75 Å². The molecule has 0 amide bonds. The van der Waals surface area contributed by atoms with E-state index < -0.39 is 16.0 Å². The van der Waals surface area contributed by atoms with Crippen molar-refractivity contribution >= 4 is 22.1 Å². The average molecular weight is 446 g/mol. The second-order valence-electron chi connectivity index (χ2n) is 7.50. The zero-order valence-corrected chi connectivity index (χ0v) is 18.9. The van der Waals surface area contributed by atoms with Gasteiger partial charge in [-0.15, -0.1) is 0 Å².